The van der Waals surface area contributed by atoms with E-state index in [1.54, 1.807) is 54.6 Å². The SMILES string of the molecule is O=C(Nc1ccccc1C(=O)NC1CCCCC1)c1ccc(Cl)c(S(=O)(=O)Nc2ccccc2)c1. The van der Waals surface area contributed by atoms with Crippen LogP contribution in [0, 0.1) is 0 Å². The summed E-state index contributed by atoms with van der Waals surface area (Å²) in [6, 6.07) is 19.3. The highest BCUT2D eigenvalue weighted by Gasteiger charge is 2.22. The lowest BCUT2D eigenvalue weighted by atomic mass is 9.95. The number of hydrogen-bond acceptors (Lipinski definition) is 4. The van der Waals surface area contributed by atoms with Gasteiger partial charge in [-0.3, -0.25) is 14.3 Å². The Morgan fingerprint density at radius 3 is 2.26 bits per heavy atom. The molecule has 4 rings (SSSR count). The number of carbonyl (C=O) groups is 2. The van der Waals surface area contributed by atoms with Crippen molar-refractivity contribution in [2.24, 2.45) is 0 Å². The van der Waals surface area contributed by atoms with Crippen molar-refractivity contribution in [2.45, 2.75) is 43.0 Å². The molecule has 0 aromatic heterocycles. The Bertz CT molecular complexity index is 1320. The van der Waals surface area contributed by atoms with Gasteiger partial charge in [0.25, 0.3) is 21.8 Å². The summed E-state index contributed by atoms with van der Waals surface area (Å²) < 4.78 is 28.3. The third-order valence-electron chi connectivity index (χ3n) is 5.87. The van der Waals surface area contributed by atoms with E-state index in [-0.39, 0.29) is 27.4 Å². The fourth-order valence-corrected chi connectivity index (χ4v) is 5.65. The molecule has 3 N–H and O–H groups in total. The maximum Gasteiger partial charge on any atom is 0.263 e. The van der Waals surface area contributed by atoms with Crippen LogP contribution < -0.4 is 15.4 Å². The highest BCUT2D eigenvalue weighted by molar-refractivity contribution is 7.92. The second kappa shape index (κ2) is 10.9. The highest BCUT2D eigenvalue weighted by atomic mass is 35.5. The van der Waals surface area contributed by atoms with E-state index in [2.05, 4.69) is 15.4 Å². The van der Waals surface area contributed by atoms with Gasteiger partial charge in [-0.15, -0.1) is 0 Å². The average molecular weight is 512 g/mol. The summed E-state index contributed by atoms with van der Waals surface area (Å²) in [6.07, 6.45) is 5.24. The van der Waals surface area contributed by atoms with Crippen molar-refractivity contribution < 1.29 is 18.0 Å². The maximum absolute atomic E-state index is 13.0. The van der Waals surface area contributed by atoms with E-state index in [9.17, 15) is 18.0 Å². The van der Waals surface area contributed by atoms with E-state index in [1.165, 1.54) is 24.6 Å². The molecule has 3 aromatic rings. The van der Waals surface area contributed by atoms with Gasteiger partial charge in [0.15, 0.2) is 0 Å². The van der Waals surface area contributed by atoms with E-state index in [1.807, 2.05) is 0 Å². The number of anilines is 2. The van der Waals surface area contributed by atoms with Crippen molar-refractivity contribution in [3.05, 3.63) is 88.9 Å². The number of benzene rings is 3. The minimum Gasteiger partial charge on any atom is -0.349 e. The van der Waals surface area contributed by atoms with Gasteiger partial charge in [0.1, 0.15) is 4.90 Å². The molecular weight excluding hydrogens is 486 g/mol. The fraction of sp³-hybridized carbons (Fsp3) is 0.231. The van der Waals surface area contributed by atoms with Gasteiger partial charge in [-0.25, -0.2) is 8.42 Å². The van der Waals surface area contributed by atoms with Gasteiger partial charge >= 0.3 is 0 Å². The molecule has 9 heteroatoms. The van der Waals surface area contributed by atoms with E-state index < -0.39 is 15.9 Å². The average Bonchev–Trinajstić information content (AvgIpc) is 2.85. The van der Waals surface area contributed by atoms with E-state index in [0.717, 1.165) is 25.7 Å². The zero-order valence-corrected chi connectivity index (χ0v) is 20.5. The highest BCUT2D eigenvalue weighted by Crippen LogP contribution is 2.26. The van der Waals surface area contributed by atoms with E-state index >= 15 is 0 Å². The van der Waals surface area contributed by atoms with Gasteiger partial charge in [-0.2, -0.15) is 0 Å². The van der Waals surface area contributed by atoms with Crippen molar-refractivity contribution in [1.29, 1.82) is 0 Å². The lowest BCUT2D eigenvalue weighted by Crippen LogP contribution is -2.36. The smallest absolute Gasteiger partial charge is 0.263 e. The standard InChI is InChI=1S/C26H26ClN3O4S/c27-22-16-15-18(17-24(22)35(33,34)30-20-11-5-2-6-12-20)25(31)29-23-14-8-7-13-21(23)26(32)28-19-9-3-1-4-10-19/h2,5-8,11-17,19,30H,1,3-4,9-10H2,(H,28,32)(H,29,31). The molecule has 1 aliphatic rings. The van der Waals surface area contributed by atoms with Crippen LogP contribution in [0.3, 0.4) is 0 Å². The molecule has 1 saturated carbocycles. The van der Waals surface area contributed by atoms with Crippen molar-refractivity contribution in [2.75, 3.05) is 10.0 Å². The summed E-state index contributed by atoms with van der Waals surface area (Å²) in [5.41, 5.74) is 1.15. The predicted octanol–water partition coefficient (Wildman–Crippen LogP) is 5.46. The molecule has 0 spiro atoms. The summed E-state index contributed by atoms with van der Waals surface area (Å²) in [7, 11) is -4.04. The summed E-state index contributed by atoms with van der Waals surface area (Å²) in [6.45, 7) is 0. The zero-order valence-electron chi connectivity index (χ0n) is 19.0. The third-order valence-corrected chi connectivity index (χ3v) is 7.73. The van der Waals surface area contributed by atoms with E-state index in [4.69, 9.17) is 11.6 Å². The van der Waals surface area contributed by atoms with Gasteiger partial charge < -0.3 is 10.6 Å². The largest absolute Gasteiger partial charge is 0.349 e. The van der Waals surface area contributed by atoms with Crippen molar-refractivity contribution in [3.8, 4) is 0 Å². The molecule has 7 nitrogen and oxygen atoms in total. The van der Waals surface area contributed by atoms with Gasteiger partial charge in [0.05, 0.1) is 16.3 Å². The number of rotatable bonds is 7. The molecule has 35 heavy (non-hydrogen) atoms. The summed E-state index contributed by atoms with van der Waals surface area (Å²) >= 11 is 6.17. The van der Waals surface area contributed by atoms with Crippen molar-refractivity contribution in [1.82, 2.24) is 5.32 Å². The maximum atomic E-state index is 13.0. The molecule has 1 aliphatic carbocycles. The first-order chi connectivity index (χ1) is 16.8. The van der Waals surface area contributed by atoms with Gasteiger partial charge in [0, 0.05) is 17.3 Å². The first-order valence-electron chi connectivity index (χ1n) is 11.4. The number of nitrogens with one attached hydrogen (secondary N) is 3. The van der Waals surface area contributed by atoms with Gasteiger partial charge in [0.2, 0.25) is 0 Å². The van der Waals surface area contributed by atoms with Crippen LogP contribution in [0.2, 0.25) is 5.02 Å². The zero-order chi connectivity index (χ0) is 24.8. The Labute approximate surface area is 209 Å². The molecule has 0 radical (unpaired) electrons. The third kappa shape index (κ3) is 6.21. The second-order valence-corrected chi connectivity index (χ2v) is 10.5. The van der Waals surface area contributed by atoms with Crippen LogP contribution in [0.5, 0.6) is 0 Å². The van der Waals surface area contributed by atoms with Crippen LogP contribution in [-0.4, -0.2) is 26.3 Å². The van der Waals surface area contributed by atoms with Crippen molar-refractivity contribution >= 4 is 44.8 Å². The first-order valence-corrected chi connectivity index (χ1v) is 13.3. The minimum absolute atomic E-state index is 0.0164. The molecule has 3 aromatic carbocycles. The topological polar surface area (TPSA) is 104 Å². The summed E-state index contributed by atoms with van der Waals surface area (Å²) in [5, 5.41) is 5.77. The lowest BCUT2D eigenvalue weighted by molar-refractivity contribution is 0.0928. The molecule has 0 saturated heterocycles. The molecule has 182 valence electrons. The van der Waals surface area contributed by atoms with Crippen LogP contribution in [0.4, 0.5) is 11.4 Å². The quantitative estimate of drug-likeness (QED) is 0.392. The van der Waals surface area contributed by atoms with Crippen LogP contribution in [0.1, 0.15) is 52.8 Å². The number of carbonyl (C=O) groups excluding carboxylic acids is 2. The first kappa shape index (κ1) is 24.8. The monoisotopic (exact) mass is 511 g/mol. The molecule has 0 heterocycles. The lowest BCUT2D eigenvalue weighted by Gasteiger charge is -2.23. The number of amides is 2. The minimum atomic E-state index is -4.04. The predicted molar refractivity (Wildman–Crippen MR) is 137 cm³/mol. The van der Waals surface area contributed by atoms with Gasteiger partial charge in [-0.1, -0.05) is 61.2 Å². The number of hydrogen-bond donors (Lipinski definition) is 3. The Balaban J connectivity index is 1.53. The molecule has 0 bridgehead atoms. The van der Waals surface area contributed by atoms with Crippen LogP contribution in [0.25, 0.3) is 0 Å². The Morgan fingerprint density at radius 2 is 1.51 bits per heavy atom. The molecular formula is C26H26ClN3O4S. The number of sulfonamides is 1. The van der Waals surface area contributed by atoms with Crippen molar-refractivity contribution in [3.63, 3.8) is 0 Å². The Hall–Kier alpha value is -3.36. The van der Waals surface area contributed by atoms with Crippen LogP contribution in [0.15, 0.2) is 77.7 Å². The number of halogens is 1. The van der Waals surface area contributed by atoms with Crippen LogP contribution in [-0.2, 0) is 10.0 Å². The molecule has 0 aliphatic heterocycles. The second-order valence-electron chi connectivity index (χ2n) is 8.42. The fourth-order valence-electron chi connectivity index (χ4n) is 4.06. The van der Waals surface area contributed by atoms with Crippen LogP contribution >= 0.6 is 11.6 Å². The molecule has 1 fully saturated rings. The summed E-state index contributed by atoms with van der Waals surface area (Å²) in [5.74, 6) is -0.810. The summed E-state index contributed by atoms with van der Waals surface area (Å²) in [4.78, 5) is 25.7. The normalized spacial score (nSPS) is 14.2. The molecule has 2 amide bonds. The van der Waals surface area contributed by atoms with E-state index in [0.29, 0.717) is 16.9 Å². The Kier molecular flexibility index (Phi) is 7.73. The Morgan fingerprint density at radius 1 is 0.829 bits per heavy atom. The molecule has 0 unspecified atom stereocenters. The number of para-hydroxylation sites is 2. The molecule has 0 atom stereocenters. The van der Waals surface area contributed by atoms with Gasteiger partial charge in [-0.05, 0) is 55.3 Å².